The zero-order valence-corrected chi connectivity index (χ0v) is 19.9. The Balaban J connectivity index is 0.00000364. The van der Waals surface area contributed by atoms with E-state index in [-0.39, 0.29) is 24.0 Å². The maximum atomic E-state index is 4.68. The van der Waals surface area contributed by atoms with Crippen LogP contribution in [0.5, 0.6) is 0 Å². The van der Waals surface area contributed by atoms with Crippen LogP contribution in [0.3, 0.4) is 0 Å². The first-order chi connectivity index (χ1) is 12.6. The minimum Gasteiger partial charge on any atom is -0.357 e. The Labute approximate surface area is 184 Å². The van der Waals surface area contributed by atoms with E-state index >= 15 is 0 Å². The first-order valence-electron chi connectivity index (χ1n) is 9.25. The van der Waals surface area contributed by atoms with Crippen LogP contribution in [-0.2, 0) is 13.1 Å². The standard InChI is InChI=1S/C20H31N5S.HI/c1-5-21-20(23-13-19-17(3)24-15-26-19)22-12-11-16(2)25(4)14-18-9-7-6-8-10-18;/h6-10,15-16H,5,11-14H2,1-4H3,(H2,21,22,23);1H. The average molecular weight is 501 g/mol. The van der Waals surface area contributed by atoms with Gasteiger partial charge in [-0.3, -0.25) is 4.90 Å². The molecule has 0 fully saturated rings. The number of aryl methyl sites for hydroxylation is 1. The van der Waals surface area contributed by atoms with Crippen molar-refractivity contribution in [3.8, 4) is 0 Å². The van der Waals surface area contributed by atoms with Crippen LogP contribution in [-0.4, -0.2) is 42.0 Å². The maximum Gasteiger partial charge on any atom is 0.191 e. The molecule has 0 bridgehead atoms. The Hall–Kier alpha value is -1.19. The Morgan fingerprint density at radius 1 is 1.26 bits per heavy atom. The summed E-state index contributed by atoms with van der Waals surface area (Å²) in [7, 11) is 2.18. The molecule has 5 nitrogen and oxygen atoms in total. The molecular formula is C20H32IN5S. The summed E-state index contributed by atoms with van der Waals surface area (Å²) in [5.41, 5.74) is 4.31. The molecule has 0 amide bonds. The van der Waals surface area contributed by atoms with Gasteiger partial charge in [0.1, 0.15) is 0 Å². The molecule has 1 unspecified atom stereocenters. The lowest BCUT2D eigenvalue weighted by Crippen LogP contribution is -2.40. The Morgan fingerprint density at radius 3 is 2.63 bits per heavy atom. The summed E-state index contributed by atoms with van der Waals surface area (Å²) in [5, 5.41) is 6.77. The normalized spacial score (nSPS) is 12.6. The minimum absolute atomic E-state index is 0. The van der Waals surface area contributed by atoms with E-state index in [4.69, 9.17) is 0 Å². The van der Waals surface area contributed by atoms with Gasteiger partial charge in [0.2, 0.25) is 0 Å². The van der Waals surface area contributed by atoms with Gasteiger partial charge in [-0.2, -0.15) is 0 Å². The SMILES string of the molecule is CCNC(=NCc1scnc1C)NCCC(C)N(C)Cc1ccccc1.I. The van der Waals surface area contributed by atoms with Crippen molar-refractivity contribution in [1.82, 2.24) is 20.5 Å². The molecule has 0 aliphatic rings. The lowest BCUT2D eigenvalue weighted by molar-refractivity contribution is 0.238. The Bertz CT molecular complexity index is 674. The first-order valence-corrected chi connectivity index (χ1v) is 10.1. The third-order valence-electron chi connectivity index (χ3n) is 4.45. The van der Waals surface area contributed by atoms with Crippen molar-refractivity contribution in [3.63, 3.8) is 0 Å². The summed E-state index contributed by atoms with van der Waals surface area (Å²) in [6.45, 7) is 9.80. The molecule has 0 radical (unpaired) electrons. The van der Waals surface area contributed by atoms with Gasteiger partial charge in [-0.15, -0.1) is 35.3 Å². The Morgan fingerprint density at radius 2 is 2.00 bits per heavy atom. The number of guanidine groups is 1. The van der Waals surface area contributed by atoms with Crippen LogP contribution in [0, 0.1) is 6.92 Å². The number of nitrogens with one attached hydrogen (secondary N) is 2. The summed E-state index contributed by atoms with van der Waals surface area (Å²) in [4.78, 5) is 12.6. The molecule has 150 valence electrons. The number of aliphatic imine (C=N–C) groups is 1. The highest BCUT2D eigenvalue weighted by Crippen LogP contribution is 2.13. The van der Waals surface area contributed by atoms with Gasteiger partial charge in [0.05, 0.1) is 17.7 Å². The zero-order valence-electron chi connectivity index (χ0n) is 16.7. The van der Waals surface area contributed by atoms with Gasteiger partial charge in [-0.05, 0) is 39.8 Å². The molecule has 0 saturated heterocycles. The summed E-state index contributed by atoms with van der Waals surface area (Å²) in [5.74, 6) is 0.873. The van der Waals surface area contributed by atoms with Crippen LogP contribution in [0.1, 0.15) is 36.4 Å². The van der Waals surface area contributed by atoms with Crippen molar-refractivity contribution in [3.05, 3.63) is 52.0 Å². The molecule has 0 spiro atoms. The third-order valence-corrected chi connectivity index (χ3v) is 5.37. The number of hydrogen-bond acceptors (Lipinski definition) is 4. The van der Waals surface area contributed by atoms with E-state index in [1.807, 2.05) is 12.4 Å². The number of thiazole rings is 1. The summed E-state index contributed by atoms with van der Waals surface area (Å²) in [6.07, 6.45) is 1.06. The first kappa shape index (κ1) is 23.8. The lowest BCUT2D eigenvalue weighted by atomic mass is 10.1. The largest absolute Gasteiger partial charge is 0.357 e. The van der Waals surface area contributed by atoms with Crippen molar-refractivity contribution in [2.24, 2.45) is 4.99 Å². The lowest BCUT2D eigenvalue weighted by Gasteiger charge is -2.25. The molecule has 27 heavy (non-hydrogen) atoms. The minimum atomic E-state index is 0. The number of aromatic nitrogens is 1. The maximum absolute atomic E-state index is 4.68. The van der Waals surface area contributed by atoms with E-state index in [0.29, 0.717) is 12.6 Å². The van der Waals surface area contributed by atoms with Gasteiger partial charge in [0, 0.05) is 30.6 Å². The number of nitrogens with zero attached hydrogens (tertiary/aromatic N) is 3. The second kappa shape index (κ2) is 13.1. The fraction of sp³-hybridized carbons (Fsp3) is 0.500. The van der Waals surface area contributed by atoms with Crippen molar-refractivity contribution in [2.75, 3.05) is 20.1 Å². The van der Waals surface area contributed by atoms with Gasteiger partial charge < -0.3 is 10.6 Å². The highest BCUT2D eigenvalue weighted by molar-refractivity contribution is 14.0. The number of benzene rings is 1. The quantitative estimate of drug-likeness (QED) is 0.310. The van der Waals surface area contributed by atoms with E-state index in [1.54, 1.807) is 11.3 Å². The molecule has 2 rings (SSSR count). The van der Waals surface area contributed by atoms with Crippen molar-refractivity contribution in [1.29, 1.82) is 0 Å². The molecule has 2 N–H and O–H groups in total. The molecule has 1 aromatic carbocycles. The van der Waals surface area contributed by atoms with Crippen molar-refractivity contribution >= 4 is 41.3 Å². The molecule has 0 saturated carbocycles. The van der Waals surface area contributed by atoms with E-state index < -0.39 is 0 Å². The van der Waals surface area contributed by atoms with E-state index in [9.17, 15) is 0 Å². The molecule has 0 aliphatic carbocycles. The number of hydrogen-bond donors (Lipinski definition) is 2. The van der Waals surface area contributed by atoms with Crippen LogP contribution in [0.15, 0.2) is 40.8 Å². The molecule has 7 heteroatoms. The van der Waals surface area contributed by atoms with Crippen LogP contribution < -0.4 is 10.6 Å². The predicted octanol–water partition coefficient (Wildman–Crippen LogP) is 4.04. The molecule has 0 aliphatic heterocycles. The number of rotatable bonds is 9. The highest BCUT2D eigenvalue weighted by Gasteiger charge is 2.10. The fourth-order valence-electron chi connectivity index (χ4n) is 2.62. The molecule has 1 aromatic heterocycles. The van der Waals surface area contributed by atoms with Gasteiger partial charge in [-0.25, -0.2) is 9.98 Å². The summed E-state index contributed by atoms with van der Waals surface area (Å²) < 4.78 is 0. The number of halogens is 1. The Kier molecular flexibility index (Phi) is 11.5. The molecular weight excluding hydrogens is 469 g/mol. The van der Waals surface area contributed by atoms with Crippen LogP contribution in [0.2, 0.25) is 0 Å². The molecule has 1 heterocycles. The fourth-order valence-corrected chi connectivity index (χ4v) is 3.32. The van der Waals surface area contributed by atoms with E-state index in [2.05, 4.69) is 76.7 Å². The average Bonchev–Trinajstić information content (AvgIpc) is 3.05. The highest BCUT2D eigenvalue weighted by atomic mass is 127. The van der Waals surface area contributed by atoms with Gasteiger partial charge in [0.25, 0.3) is 0 Å². The summed E-state index contributed by atoms with van der Waals surface area (Å²) >= 11 is 1.66. The molecule has 2 aromatic rings. The van der Waals surface area contributed by atoms with Crippen molar-refractivity contribution in [2.45, 2.75) is 46.3 Å². The topological polar surface area (TPSA) is 52.6 Å². The van der Waals surface area contributed by atoms with Crippen LogP contribution in [0.25, 0.3) is 0 Å². The second-order valence-electron chi connectivity index (χ2n) is 6.52. The van der Waals surface area contributed by atoms with Crippen LogP contribution >= 0.6 is 35.3 Å². The predicted molar refractivity (Wildman–Crippen MR) is 127 cm³/mol. The van der Waals surface area contributed by atoms with Crippen molar-refractivity contribution < 1.29 is 0 Å². The van der Waals surface area contributed by atoms with E-state index in [1.165, 1.54) is 10.4 Å². The summed E-state index contributed by atoms with van der Waals surface area (Å²) in [6, 6.07) is 11.1. The monoisotopic (exact) mass is 501 g/mol. The molecule has 1 atom stereocenters. The van der Waals surface area contributed by atoms with E-state index in [0.717, 1.165) is 37.7 Å². The second-order valence-corrected chi connectivity index (χ2v) is 7.46. The van der Waals surface area contributed by atoms with Gasteiger partial charge in [0.15, 0.2) is 5.96 Å². The zero-order chi connectivity index (χ0) is 18.8. The van der Waals surface area contributed by atoms with Gasteiger partial charge in [-0.1, -0.05) is 30.3 Å². The third kappa shape index (κ3) is 8.57. The van der Waals surface area contributed by atoms with Gasteiger partial charge >= 0.3 is 0 Å². The van der Waals surface area contributed by atoms with Crippen LogP contribution in [0.4, 0.5) is 0 Å². The smallest absolute Gasteiger partial charge is 0.191 e.